The molecule has 4 heteroatoms. The lowest BCUT2D eigenvalue weighted by Gasteiger charge is -2.11. The Morgan fingerprint density at radius 3 is 2.87 bits per heavy atom. The zero-order chi connectivity index (χ0) is 11.1. The first-order chi connectivity index (χ1) is 7.27. The molecule has 0 amide bonds. The summed E-state index contributed by atoms with van der Waals surface area (Å²) in [6, 6.07) is 7.67. The summed E-state index contributed by atoms with van der Waals surface area (Å²) in [4.78, 5) is 3.89. The van der Waals surface area contributed by atoms with E-state index in [-0.39, 0.29) is 0 Å². The molecule has 0 aromatic heterocycles. The highest BCUT2D eigenvalue weighted by atomic mass is 16.5. The molecule has 0 saturated heterocycles. The molecule has 0 atom stereocenters. The molecular weight excluding hydrogens is 190 g/mol. The van der Waals surface area contributed by atoms with E-state index >= 15 is 0 Å². The maximum Gasteiger partial charge on any atom is 0.180 e. The highest BCUT2D eigenvalue weighted by Gasteiger charge is 1.97. The van der Waals surface area contributed by atoms with Crippen LogP contribution < -0.4 is 10.6 Å². The molecule has 0 aliphatic rings. The number of hydrogen-bond donors (Lipinski definition) is 2. The average molecular weight is 205 g/mol. The Morgan fingerprint density at radius 1 is 1.47 bits per heavy atom. The van der Waals surface area contributed by atoms with Gasteiger partial charge in [0.1, 0.15) is 0 Å². The van der Waals surface area contributed by atoms with Gasteiger partial charge in [-0.3, -0.25) is 4.99 Å². The van der Waals surface area contributed by atoms with Crippen LogP contribution in [0.4, 0.5) is 11.4 Å². The van der Waals surface area contributed by atoms with Crippen LogP contribution in [0.2, 0.25) is 0 Å². The summed E-state index contributed by atoms with van der Waals surface area (Å²) >= 11 is 0. The summed E-state index contributed by atoms with van der Waals surface area (Å²) < 4.78 is 4.86. The van der Waals surface area contributed by atoms with Gasteiger partial charge < -0.3 is 15.4 Å². The van der Waals surface area contributed by atoms with Gasteiger partial charge in [0.2, 0.25) is 0 Å². The predicted molar refractivity (Wildman–Crippen MR) is 63.4 cm³/mol. The Morgan fingerprint density at radius 2 is 2.20 bits per heavy atom. The largest absolute Gasteiger partial charge is 0.483 e. The second-order valence-corrected chi connectivity index (χ2v) is 2.83. The summed E-state index contributed by atoms with van der Waals surface area (Å²) in [6.07, 6.45) is 0. The highest BCUT2D eigenvalue weighted by molar-refractivity contribution is 5.67. The van der Waals surface area contributed by atoms with E-state index in [1.54, 1.807) is 7.11 Å². The molecule has 0 heterocycles. The van der Waals surface area contributed by atoms with Gasteiger partial charge in [-0.15, -0.1) is 0 Å². The van der Waals surface area contributed by atoms with Crippen molar-refractivity contribution in [1.82, 2.24) is 5.32 Å². The highest BCUT2D eigenvalue weighted by Crippen LogP contribution is 2.22. The molecule has 0 fully saturated rings. The fraction of sp³-hybridized carbons (Fsp3) is 0.182. The zero-order valence-corrected chi connectivity index (χ0v) is 8.79. The molecule has 15 heavy (non-hydrogen) atoms. The number of aliphatic imine (C=N–C) groups is 1. The molecule has 2 N–H and O–H groups in total. The van der Waals surface area contributed by atoms with Crippen LogP contribution in [0.25, 0.3) is 0 Å². The Labute approximate surface area is 89.7 Å². The molecule has 0 unspecified atom stereocenters. The molecule has 0 bridgehead atoms. The number of anilines is 1. The number of benzene rings is 1. The average Bonchev–Trinajstić information content (AvgIpc) is 2.29. The van der Waals surface area contributed by atoms with Gasteiger partial charge >= 0.3 is 0 Å². The molecule has 80 valence electrons. The minimum absolute atomic E-state index is 0.520. The van der Waals surface area contributed by atoms with Crippen molar-refractivity contribution in [3.63, 3.8) is 0 Å². The Kier molecular flexibility index (Phi) is 4.22. The molecule has 1 rings (SSSR count). The Balaban J connectivity index is 2.50. The maximum absolute atomic E-state index is 4.86. The van der Waals surface area contributed by atoms with E-state index in [2.05, 4.69) is 28.9 Å². The first-order valence-corrected chi connectivity index (χ1v) is 4.54. The number of methoxy groups -OCH3 is 1. The third-order valence-electron chi connectivity index (χ3n) is 1.89. The smallest absolute Gasteiger partial charge is 0.180 e. The number of nitrogens with one attached hydrogen (secondary N) is 2. The van der Waals surface area contributed by atoms with E-state index in [0.29, 0.717) is 12.6 Å². The molecule has 1 aromatic rings. The van der Waals surface area contributed by atoms with Crippen LogP contribution in [0.5, 0.6) is 0 Å². The summed E-state index contributed by atoms with van der Waals surface area (Å²) in [5.74, 6) is 0.520. The number of para-hydroxylation sites is 2. The second kappa shape index (κ2) is 5.70. The van der Waals surface area contributed by atoms with E-state index in [0.717, 1.165) is 11.4 Å². The van der Waals surface area contributed by atoms with Crippen LogP contribution in [-0.4, -0.2) is 20.5 Å². The van der Waals surface area contributed by atoms with Crippen LogP contribution in [-0.2, 0) is 4.74 Å². The fourth-order valence-electron chi connectivity index (χ4n) is 1.07. The van der Waals surface area contributed by atoms with Gasteiger partial charge in [-0.25, -0.2) is 0 Å². The van der Waals surface area contributed by atoms with Gasteiger partial charge in [0.25, 0.3) is 0 Å². The third kappa shape index (κ3) is 3.34. The number of ether oxygens (including phenoxy) is 1. The van der Waals surface area contributed by atoms with Gasteiger partial charge in [-0.2, -0.15) is 0 Å². The van der Waals surface area contributed by atoms with E-state index in [1.165, 1.54) is 0 Å². The van der Waals surface area contributed by atoms with Crippen LogP contribution in [0.15, 0.2) is 41.7 Å². The minimum atomic E-state index is 0.520. The molecule has 0 aliphatic heterocycles. The standard InChI is InChI=1S/C11H15N3O/c1-9(15-3)13-8-14-11-7-5-4-6-10(11)12-2/h4-7,13-14H,1-2,8H2,3H3. The monoisotopic (exact) mass is 205 g/mol. The van der Waals surface area contributed by atoms with Crippen LogP contribution in [0, 0.1) is 0 Å². The molecule has 0 spiro atoms. The van der Waals surface area contributed by atoms with Crippen molar-refractivity contribution in [2.24, 2.45) is 4.99 Å². The molecule has 0 radical (unpaired) electrons. The molecule has 4 nitrogen and oxygen atoms in total. The summed E-state index contributed by atoms with van der Waals surface area (Å²) in [5, 5.41) is 6.09. The second-order valence-electron chi connectivity index (χ2n) is 2.83. The van der Waals surface area contributed by atoms with Crippen LogP contribution in [0.3, 0.4) is 0 Å². The van der Waals surface area contributed by atoms with Crippen LogP contribution in [0.1, 0.15) is 0 Å². The number of nitrogens with zero attached hydrogens (tertiary/aromatic N) is 1. The van der Waals surface area contributed by atoms with E-state index in [4.69, 9.17) is 4.74 Å². The minimum Gasteiger partial charge on any atom is -0.483 e. The third-order valence-corrected chi connectivity index (χ3v) is 1.89. The first-order valence-electron chi connectivity index (χ1n) is 4.54. The van der Waals surface area contributed by atoms with Crippen molar-refractivity contribution in [2.45, 2.75) is 0 Å². The fourth-order valence-corrected chi connectivity index (χ4v) is 1.07. The van der Waals surface area contributed by atoms with Gasteiger partial charge in [0.15, 0.2) is 5.88 Å². The lowest BCUT2D eigenvalue weighted by Crippen LogP contribution is -2.21. The summed E-state index contributed by atoms with van der Waals surface area (Å²) in [7, 11) is 1.56. The normalized spacial score (nSPS) is 9.13. The van der Waals surface area contributed by atoms with Crippen molar-refractivity contribution >= 4 is 18.1 Å². The quantitative estimate of drug-likeness (QED) is 0.424. The van der Waals surface area contributed by atoms with E-state index in [9.17, 15) is 0 Å². The number of rotatable bonds is 6. The van der Waals surface area contributed by atoms with Crippen molar-refractivity contribution < 1.29 is 4.74 Å². The lowest BCUT2D eigenvalue weighted by atomic mass is 10.3. The first kappa shape index (κ1) is 11.1. The van der Waals surface area contributed by atoms with Gasteiger partial charge in [0.05, 0.1) is 25.2 Å². The zero-order valence-electron chi connectivity index (χ0n) is 8.79. The lowest BCUT2D eigenvalue weighted by molar-refractivity contribution is 0.266. The maximum atomic E-state index is 4.86. The van der Waals surface area contributed by atoms with Crippen molar-refractivity contribution in [1.29, 1.82) is 0 Å². The SMILES string of the molecule is C=Nc1ccccc1NCNC(=C)OC. The Bertz CT molecular complexity index is 349. The van der Waals surface area contributed by atoms with Crippen molar-refractivity contribution in [3.8, 4) is 0 Å². The van der Waals surface area contributed by atoms with Crippen molar-refractivity contribution in [2.75, 3.05) is 19.1 Å². The Hall–Kier alpha value is -1.97. The predicted octanol–water partition coefficient (Wildman–Crippen LogP) is 2.10. The van der Waals surface area contributed by atoms with Crippen molar-refractivity contribution in [3.05, 3.63) is 36.7 Å². The van der Waals surface area contributed by atoms with Gasteiger partial charge in [0, 0.05) is 0 Å². The van der Waals surface area contributed by atoms with E-state index in [1.807, 2.05) is 24.3 Å². The molecule has 1 aromatic carbocycles. The van der Waals surface area contributed by atoms with Gasteiger partial charge in [-0.05, 0) is 25.4 Å². The van der Waals surface area contributed by atoms with Gasteiger partial charge in [-0.1, -0.05) is 12.1 Å². The number of hydrogen-bond acceptors (Lipinski definition) is 4. The topological polar surface area (TPSA) is 45.7 Å². The molecular formula is C11H15N3O. The molecule has 0 aliphatic carbocycles. The molecule has 0 saturated carbocycles. The summed E-state index contributed by atoms with van der Waals surface area (Å²) in [5.41, 5.74) is 1.74. The van der Waals surface area contributed by atoms with E-state index < -0.39 is 0 Å². The van der Waals surface area contributed by atoms with Crippen LogP contribution >= 0.6 is 0 Å². The summed E-state index contributed by atoms with van der Waals surface area (Å²) in [6.45, 7) is 7.66.